The molecule has 0 amide bonds. The van der Waals surface area contributed by atoms with Gasteiger partial charge in [-0.3, -0.25) is 4.79 Å². The molecule has 9 heteroatoms. The number of aryl methyl sites for hydroxylation is 1. The van der Waals surface area contributed by atoms with Gasteiger partial charge in [-0.05, 0) is 50.1 Å². The number of benzene rings is 2. The topological polar surface area (TPSA) is 84.6 Å². The van der Waals surface area contributed by atoms with Crippen molar-refractivity contribution >= 4 is 52.4 Å². The largest absolute Gasteiger partial charge is 0.493 e. The summed E-state index contributed by atoms with van der Waals surface area (Å²) in [5.74, 6) is 0.761. The summed E-state index contributed by atoms with van der Waals surface area (Å²) in [7, 11) is -1.09. The maximum absolute atomic E-state index is 13.2. The molecule has 2 N–H and O–H groups in total. The Kier molecular flexibility index (Phi) is 6.83. The van der Waals surface area contributed by atoms with Crippen LogP contribution in [-0.2, 0) is 11.3 Å². The summed E-state index contributed by atoms with van der Waals surface area (Å²) in [6, 6.07) is 10.9. The van der Waals surface area contributed by atoms with Crippen molar-refractivity contribution < 1.29 is 14.1 Å². The lowest BCUT2D eigenvalue weighted by Gasteiger charge is -2.21. The number of hydrogen-bond donors (Lipinski definition) is 2. The number of aromatic nitrogens is 1. The van der Waals surface area contributed by atoms with E-state index in [2.05, 4.69) is 10.3 Å². The Morgan fingerprint density at radius 1 is 1.11 bits per heavy atom. The zero-order valence-electron chi connectivity index (χ0n) is 21.3. The first-order valence-corrected chi connectivity index (χ1v) is 12.9. The molecule has 1 aliphatic heterocycles. The molecular weight excluding hydrogens is 510 g/mol. The molecule has 1 aliphatic rings. The second kappa shape index (κ2) is 9.80. The average molecular weight is 537 g/mol. The molecule has 5 rings (SSSR count). The Balaban J connectivity index is 1.62. The molecule has 190 valence electrons. The van der Waals surface area contributed by atoms with Gasteiger partial charge >= 0.3 is 7.12 Å². The van der Waals surface area contributed by atoms with Gasteiger partial charge in [0.25, 0.3) is 0 Å². The van der Waals surface area contributed by atoms with Crippen molar-refractivity contribution in [2.45, 2.75) is 53.2 Å². The number of pyridine rings is 1. The van der Waals surface area contributed by atoms with Gasteiger partial charge in [-0.25, -0.2) is 4.98 Å². The molecule has 2 aromatic carbocycles. The highest BCUT2D eigenvalue weighted by molar-refractivity contribution is 6.65. The quantitative estimate of drug-likeness (QED) is 0.230. The molecule has 6 nitrogen and oxygen atoms in total. The first kappa shape index (κ1) is 25.8. The lowest BCUT2D eigenvalue weighted by molar-refractivity contribution is 0.275. The highest BCUT2D eigenvalue weighted by atomic mass is 35.5. The van der Waals surface area contributed by atoms with Crippen molar-refractivity contribution in [1.29, 1.82) is 0 Å². The number of anilines is 1. The number of nitrogens with one attached hydrogen (secondary N) is 1. The van der Waals surface area contributed by atoms with Gasteiger partial charge in [-0.2, -0.15) is 0 Å². The molecule has 0 aliphatic carbocycles. The molecule has 1 atom stereocenters. The predicted octanol–water partition coefficient (Wildman–Crippen LogP) is 6.29. The van der Waals surface area contributed by atoms with Crippen LogP contribution in [0.15, 0.2) is 45.6 Å². The molecule has 4 aromatic rings. The lowest BCUT2D eigenvalue weighted by atomic mass is 9.78. The fraction of sp³-hybridized carbons (Fsp3) is 0.286. The SMILES string of the molecule is Cc1cc([C@@H](C)Nc2ccc(Cl)nc2-c2ccc3c(c2Cl)B(O)OC3)c2oc(C(C)C)c(C)c(=O)c2c1. The molecule has 0 radical (unpaired) electrons. The highest BCUT2D eigenvalue weighted by Crippen LogP contribution is 2.37. The second-order valence-corrected chi connectivity index (χ2v) is 10.6. The molecule has 0 saturated heterocycles. The Hall–Kier alpha value is -2.84. The van der Waals surface area contributed by atoms with E-state index in [-0.39, 0.29) is 17.4 Å². The normalized spacial score (nSPS) is 13.9. The van der Waals surface area contributed by atoms with Crippen molar-refractivity contribution in [3.63, 3.8) is 0 Å². The monoisotopic (exact) mass is 536 g/mol. The number of nitrogens with zero attached hydrogens (tertiary/aromatic N) is 1. The number of hydrogen-bond acceptors (Lipinski definition) is 6. The molecular formula is C28H27BCl2N2O4. The van der Waals surface area contributed by atoms with Gasteiger partial charge < -0.3 is 19.4 Å². The molecule has 2 aromatic heterocycles. The van der Waals surface area contributed by atoms with E-state index in [0.717, 1.165) is 16.7 Å². The summed E-state index contributed by atoms with van der Waals surface area (Å²) in [5, 5.41) is 15.1. The van der Waals surface area contributed by atoms with Gasteiger partial charge in [-0.1, -0.05) is 55.2 Å². The Morgan fingerprint density at radius 3 is 2.59 bits per heavy atom. The van der Waals surface area contributed by atoms with E-state index in [0.29, 0.717) is 61.5 Å². The predicted molar refractivity (Wildman–Crippen MR) is 150 cm³/mol. The van der Waals surface area contributed by atoms with Crippen molar-refractivity contribution in [2.24, 2.45) is 0 Å². The van der Waals surface area contributed by atoms with Crippen molar-refractivity contribution in [1.82, 2.24) is 4.98 Å². The zero-order valence-corrected chi connectivity index (χ0v) is 22.8. The van der Waals surface area contributed by atoms with Crippen LogP contribution in [0.2, 0.25) is 10.2 Å². The van der Waals surface area contributed by atoms with Crippen LogP contribution < -0.4 is 16.2 Å². The van der Waals surface area contributed by atoms with Crippen LogP contribution >= 0.6 is 23.2 Å². The van der Waals surface area contributed by atoms with E-state index in [1.807, 2.05) is 65.0 Å². The summed E-state index contributed by atoms with van der Waals surface area (Å²) in [6.07, 6.45) is 0. The number of fused-ring (bicyclic) bond motifs is 2. The summed E-state index contributed by atoms with van der Waals surface area (Å²) >= 11 is 13.0. The van der Waals surface area contributed by atoms with Crippen LogP contribution in [0.3, 0.4) is 0 Å². The van der Waals surface area contributed by atoms with E-state index in [9.17, 15) is 9.82 Å². The fourth-order valence-electron chi connectivity index (χ4n) is 4.99. The smallest absolute Gasteiger partial charge is 0.460 e. The summed E-state index contributed by atoms with van der Waals surface area (Å²) in [6.45, 7) is 10.1. The van der Waals surface area contributed by atoms with E-state index in [4.69, 9.17) is 32.3 Å². The molecule has 0 fully saturated rings. The van der Waals surface area contributed by atoms with Crippen molar-refractivity contribution in [3.8, 4) is 11.3 Å². The van der Waals surface area contributed by atoms with Crippen LogP contribution in [0.4, 0.5) is 5.69 Å². The minimum atomic E-state index is -1.09. The lowest BCUT2D eigenvalue weighted by Crippen LogP contribution is -2.29. The Labute approximate surface area is 225 Å². The van der Waals surface area contributed by atoms with Crippen LogP contribution in [0, 0.1) is 13.8 Å². The standard InChI is InChI=1S/C28H27BCl2N2O4/c1-13(2)27-15(4)26(34)20-11-14(3)10-19(28(20)37-27)16(5)32-21-8-9-22(30)33-25(21)18-7-6-17-12-36-29(35)23(17)24(18)31/h6-11,13,16,32,35H,12H2,1-5H3/t16-/m1/s1. The third-order valence-electron chi connectivity index (χ3n) is 6.82. The van der Waals surface area contributed by atoms with Crippen molar-refractivity contribution in [3.05, 3.63) is 84.8 Å². The third-order valence-corrected chi connectivity index (χ3v) is 7.44. The van der Waals surface area contributed by atoms with Crippen LogP contribution in [0.25, 0.3) is 22.2 Å². The highest BCUT2D eigenvalue weighted by Gasteiger charge is 2.32. The second-order valence-electron chi connectivity index (χ2n) is 9.87. The molecule has 37 heavy (non-hydrogen) atoms. The summed E-state index contributed by atoms with van der Waals surface area (Å²) < 4.78 is 11.7. The molecule has 0 bridgehead atoms. The Morgan fingerprint density at radius 2 is 1.86 bits per heavy atom. The number of halogens is 2. The molecule has 0 unspecified atom stereocenters. The minimum absolute atomic E-state index is 0.0124. The van der Waals surface area contributed by atoms with Gasteiger partial charge in [0.2, 0.25) is 0 Å². The third kappa shape index (κ3) is 4.55. The zero-order chi connectivity index (χ0) is 26.6. The average Bonchev–Trinajstić information content (AvgIpc) is 3.23. The maximum Gasteiger partial charge on any atom is 0.493 e. The first-order valence-electron chi connectivity index (χ1n) is 12.2. The molecule has 0 spiro atoms. The minimum Gasteiger partial charge on any atom is -0.460 e. The van der Waals surface area contributed by atoms with E-state index in [1.165, 1.54) is 0 Å². The van der Waals surface area contributed by atoms with Crippen LogP contribution in [0.5, 0.6) is 0 Å². The van der Waals surface area contributed by atoms with Crippen LogP contribution in [-0.4, -0.2) is 17.1 Å². The molecule has 3 heterocycles. The van der Waals surface area contributed by atoms with E-state index < -0.39 is 7.12 Å². The van der Waals surface area contributed by atoms with Crippen LogP contribution in [0.1, 0.15) is 60.7 Å². The van der Waals surface area contributed by atoms with Gasteiger partial charge in [0.15, 0.2) is 5.43 Å². The van der Waals surface area contributed by atoms with Gasteiger partial charge in [0.1, 0.15) is 16.5 Å². The van der Waals surface area contributed by atoms with Gasteiger partial charge in [-0.15, -0.1) is 0 Å². The number of rotatable bonds is 5. The van der Waals surface area contributed by atoms with Crippen molar-refractivity contribution in [2.75, 3.05) is 5.32 Å². The van der Waals surface area contributed by atoms with E-state index >= 15 is 0 Å². The summed E-state index contributed by atoms with van der Waals surface area (Å²) in [4.78, 5) is 17.8. The first-order chi connectivity index (χ1) is 17.6. The fourth-order valence-corrected chi connectivity index (χ4v) is 5.50. The van der Waals surface area contributed by atoms with Gasteiger partial charge in [0, 0.05) is 28.1 Å². The van der Waals surface area contributed by atoms with E-state index in [1.54, 1.807) is 6.07 Å². The Bertz CT molecular complexity index is 1600. The molecule has 0 saturated carbocycles. The van der Waals surface area contributed by atoms with Gasteiger partial charge in [0.05, 0.1) is 34.4 Å². The maximum atomic E-state index is 13.2. The summed E-state index contributed by atoms with van der Waals surface area (Å²) in [5.41, 5.74) is 6.27.